The van der Waals surface area contributed by atoms with Crippen molar-refractivity contribution in [2.45, 2.75) is 218 Å². The molecular formula is C37H68O5. The molecule has 0 saturated carbocycles. The summed E-state index contributed by atoms with van der Waals surface area (Å²) in [5.74, 6) is -0.111. The highest BCUT2D eigenvalue weighted by atomic mass is 16.5. The molecule has 1 saturated heterocycles. The van der Waals surface area contributed by atoms with Gasteiger partial charge in [0, 0.05) is 5.57 Å². The van der Waals surface area contributed by atoms with Crippen molar-refractivity contribution in [2.75, 3.05) is 0 Å². The second kappa shape index (κ2) is 24.4. The van der Waals surface area contributed by atoms with Crippen LogP contribution in [0.3, 0.4) is 0 Å². The molecule has 0 aromatic carbocycles. The maximum absolute atomic E-state index is 11.6. The standard InChI is InChI=1S/C37H68O5/c1-3-4-5-6-7-8-14-17-20-23-26-33(38)35-28-29-36(42-35)34(39)27-24-21-18-15-12-10-9-11-13-16-19-22-25-32-30-31(2)41-37(32)40/h30-31,33-36,38-39H,3-29H2,1-2H3/t31-,33+,34-,35+,36-/m0/s1. The number of ether oxygens (including phenoxy) is 2. The molecule has 5 heteroatoms. The molecule has 0 radical (unpaired) electrons. The van der Waals surface area contributed by atoms with Gasteiger partial charge in [-0.2, -0.15) is 0 Å². The van der Waals surface area contributed by atoms with Gasteiger partial charge in [-0.3, -0.25) is 0 Å². The lowest BCUT2D eigenvalue weighted by Gasteiger charge is -2.22. The smallest absolute Gasteiger partial charge is 0.334 e. The molecule has 0 aromatic heterocycles. The third kappa shape index (κ3) is 17.4. The van der Waals surface area contributed by atoms with Gasteiger partial charge in [0.1, 0.15) is 6.10 Å². The maximum Gasteiger partial charge on any atom is 0.334 e. The van der Waals surface area contributed by atoms with Crippen molar-refractivity contribution >= 4 is 5.97 Å². The van der Waals surface area contributed by atoms with Gasteiger partial charge in [-0.25, -0.2) is 4.79 Å². The van der Waals surface area contributed by atoms with Crippen LogP contribution < -0.4 is 0 Å². The van der Waals surface area contributed by atoms with Crippen LogP contribution in [0.5, 0.6) is 0 Å². The second-order valence-electron chi connectivity index (χ2n) is 13.5. The Balaban J connectivity index is 1.32. The fourth-order valence-corrected chi connectivity index (χ4v) is 6.72. The molecule has 5 atom stereocenters. The van der Waals surface area contributed by atoms with E-state index < -0.39 is 0 Å². The quantitative estimate of drug-likeness (QED) is 0.0698. The van der Waals surface area contributed by atoms with Gasteiger partial charge in [0.25, 0.3) is 0 Å². The van der Waals surface area contributed by atoms with Crippen LogP contribution in [0.2, 0.25) is 0 Å². The molecule has 2 N–H and O–H groups in total. The fraction of sp³-hybridized carbons (Fsp3) is 0.919. The van der Waals surface area contributed by atoms with E-state index in [1.165, 1.54) is 122 Å². The van der Waals surface area contributed by atoms with Crippen LogP contribution in [0.15, 0.2) is 11.6 Å². The molecule has 0 amide bonds. The molecule has 2 aliphatic rings. The predicted octanol–water partition coefficient (Wildman–Crippen LogP) is 9.90. The lowest BCUT2D eigenvalue weighted by molar-refractivity contribution is -0.139. The molecule has 2 aliphatic heterocycles. The van der Waals surface area contributed by atoms with Gasteiger partial charge in [0.2, 0.25) is 0 Å². The van der Waals surface area contributed by atoms with Crippen LogP contribution in [0, 0.1) is 0 Å². The number of unbranched alkanes of at least 4 members (excludes halogenated alkanes) is 20. The number of carbonyl (C=O) groups excluding carboxylic acids is 1. The highest BCUT2D eigenvalue weighted by molar-refractivity contribution is 5.90. The van der Waals surface area contributed by atoms with Crippen LogP contribution >= 0.6 is 0 Å². The normalized spacial score (nSPS) is 22.0. The van der Waals surface area contributed by atoms with Gasteiger partial charge in [-0.15, -0.1) is 0 Å². The third-order valence-corrected chi connectivity index (χ3v) is 9.48. The van der Waals surface area contributed by atoms with Gasteiger partial charge in [-0.05, 0) is 51.5 Å². The van der Waals surface area contributed by atoms with E-state index in [1.54, 1.807) is 0 Å². The minimum atomic E-state index is -0.383. The summed E-state index contributed by atoms with van der Waals surface area (Å²) in [4.78, 5) is 11.6. The number of hydrogen-bond donors (Lipinski definition) is 2. The van der Waals surface area contributed by atoms with Gasteiger partial charge >= 0.3 is 5.97 Å². The van der Waals surface area contributed by atoms with Crippen LogP contribution in [0.4, 0.5) is 0 Å². The van der Waals surface area contributed by atoms with Crippen LogP contribution in [-0.4, -0.2) is 46.7 Å². The van der Waals surface area contributed by atoms with Crippen LogP contribution in [0.25, 0.3) is 0 Å². The first-order valence-electron chi connectivity index (χ1n) is 18.4. The average molecular weight is 593 g/mol. The molecule has 246 valence electrons. The monoisotopic (exact) mass is 593 g/mol. The van der Waals surface area contributed by atoms with Gasteiger partial charge in [0.15, 0.2) is 0 Å². The Morgan fingerprint density at radius 3 is 1.40 bits per heavy atom. The number of aliphatic hydroxyl groups is 2. The molecule has 0 bridgehead atoms. The van der Waals surface area contributed by atoms with E-state index in [4.69, 9.17) is 9.47 Å². The Hall–Kier alpha value is -0.910. The predicted molar refractivity (Wildman–Crippen MR) is 175 cm³/mol. The minimum Gasteiger partial charge on any atom is -0.455 e. The highest BCUT2D eigenvalue weighted by Gasteiger charge is 2.34. The molecule has 2 heterocycles. The molecular weight excluding hydrogens is 524 g/mol. The number of hydrogen-bond acceptors (Lipinski definition) is 5. The lowest BCUT2D eigenvalue weighted by Crippen LogP contribution is -2.31. The van der Waals surface area contributed by atoms with Crippen LogP contribution in [-0.2, 0) is 14.3 Å². The molecule has 42 heavy (non-hydrogen) atoms. The Kier molecular flexibility index (Phi) is 21.7. The first kappa shape index (κ1) is 37.3. The lowest BCUT2D eigenvalue weighted by atomic mass is 10.00. The average Bonchev–Trinajstić information content (AvgIpc) is 3.60. The summed E-state index contributed by atoms with van der Waals surface area (Å²) in [6.45, 7) is 4.19. The zero-order valence-electron chi connectivity index (χ0n) is 27.7. The summed E-state index contributed by atoms with van der Waals surface area (Å²) in [6, 6.07) is 0. The van der Waals surface area contributed by atoms with E-state index >= 15 is 0 Å². The zero-order valence-corrected chi connectivity index (χ0v) is 27.7. The highest BCUT2D eigenvalue weighted by Crippen LogP contribution is 2.28. The van der Waals surface area contributed by atoms with E-state index in [0.717, 1.165) is 56.9 Å². The van der Waals surface area contributed by atoms with Crippen molar-refractivity contribution in [1.29, 1.82) is 0 Å². The number of aliphatic hydroxyl groups excluding tert-OH is 2. The summed E-state index contributed by atoms with van der Waals surface area (Å²) in [5.41, 5.74) is 0.877. The molecule has 1 fully saturated rings. The molecule has 0 aromatic rings. The van der Waals surface area contributed by atoms with Crippen molar-refractivity contribution in [3.63, 3.8) is 0 Å². The first-order chi connectivity index (χ1) is 20.5. The van der Waals surface area contributed by atoms with E-state index in [2.05, 4.69) is 6.92 Å². The number of rotatable bonds is 28. The zero-order chi connectivity index (χ0) is 30.3. The van der Waals surface area contributed by atoms with Crippen molar-refractivity contribution in [2.24, 2.45) is 0 Å². The van der Waals surface area contributed by atoms with Crippen LogP contribution in [0.1, 0.15) is 187 Å². The van der Waals surface area contributed by atoms with Gasteiger partial charge < -0.3 is 19.7 Å². The molecule has 0 aliphatic carbocycles. The second-order valence-corrected chi connectivity index (χ2v) is 13.5. The van der Waals surface area contributed by atoms with Crippen molar-refractivity contribution in [3.05, 3.63) is 11.6 Å². The summed E-state index contributed by atoms with van der Waals surface area (Å²) in [5, 5.41) is 21.2. The fourth-order valence-electron chi connectivity index (χ4n) is 6.72. The molecule has 0 spiro atoms. The summed E-state index contributed by atoms with van der Waals surface area (Å²) in [6.07, 6.45) is 33.4. The number of esters is 1. The van der Waals surface area contributed by atoms with Gasteiger partial charge in [-0.1, -0.05) is 142 Å². The largest absolute Gasteiger partial charge is 0.455 e. The van der Waals surface area contributed by atoms with E-state index in [-0.39, 0.29) is 36.5 Å². The summed E-state index contributed by atoms with van der Waals surface area (Å²) >= 11 is 0. The number of carbonyl (C=O) groups is 1. The Labute approximate surface area is 259 Å². The molecule has 2 rings (SSSR count). The van der Waals surface area contributed by atoms with Crippen molar-refractivity contribution in [3.8, 4) is 0 Å². The van der Waals surface area contributed by atoms with Crippen molar-refractivity contribution in [1.82, 2.24) is 0 Å². The minimum absolute atomic E-state index is 0.0387. The van der Waals surface area contributed by atoms with Gasteiger partial charge in [0.05, 0.1) is 24.4 Å². The summed E-state index contributed by atoms with van der Waals surface area (Å²) in [7, 11) is 0. The first-order valence-corrected chi connectivity index (χ1v) is 18.4. The molecule has 5 nitrogen and oxygen atoms in total. The summed E-state index contributed by atoms with van der Waals surface area (Å²) < 4.78 is 11.3. The van der Waals surface area contributed by atoms with E-state index in [1.807, 2.05) is 13.0 Å². The topological polar surface area (TPSA) is 76.0 Å². The van der Waals surface area contributed by atoms with E-state index in [0.29, 0.717) is 0 Å². The van der Waals surface area contributed by atoms with Crippen molar-refractivity contribution < 1.29 is 24.5 Å². The Morgan fingerprint density at radius 2 is 1.02 bits per heavy atom. The van der Waals surface area contributed by atoms with E-state index in [9.17, 15) is 15.0 Å². The number of cyclic esters (lactones) is 1. The third-order valence-electron chi connectivity index (χ3n) is 9.48. The Bertz CT molecular complexity index is 692. The molecule has 0 unspecified atom stereocenters. The maximum atomic E-state index is 11.6. The SMILES string of the molecule is CCCCCCCCCCCC[C@@H](O)[C@H]1CC[C@@H]([C@@H](O)CCCCCCCCCCCCCCC2=C[C@H](C)OC2=O)O1. The Morgan fingerprint density at radius 1 is 0.643 bits per heavy atom.